The van der Waals surface area contributed by atoms with E-state index in [1.54, 1.807) is 13.8 Å². The molecule has 1 saturated heterocycles. The van der Waals surface area contributed by atoms with Gasteiger partial charge in [0.25, 0.3) is 0 Å². The molecule has 2 unspecified atom stereocenters. The van der Waals surface area contributed by atoms with Crippen molar-refractivity contribution in [2.24, 2.45) is 5.92 Å². The smallest absolute Gasteiger partial charge is 0.152 e. The summed E-state index contributed by atoms with van der Waals surface area (Å²) >= 11 is 0. The van der Waals surface area contributed by atoms with Gasteiger partial charge in [0.1, 0.15) is 0 Å². The predicted octanol–water partition coefficient (Wildman–Crippen LogP) is 1.21. The number of hydrogen-bond donors (Lipinski definition) is 1. The van der Waals surface area contributed by atoms with Crippen molar-refractivity contribution in [1.29, 1.82) is 0 Å². The van der Waals surface area contributed by atoms with Gasteiger partial charge < -0.3 is 10.1 Å². The number of sulfone groups is 1. The molecular weight excluding hydrogens is 238 g/mol. The quantitative estimate of drug-likeness (QED) is 0.783. The molecular formula is C12H25NO3S. The molecule has 0 aliphatic carbocycles. The molecule has 0 radical (unpaired) electrons. The standard InChI is InChI=1S/C12H25NO3S/c1-4-13-12-5-7-16-9-11(12)6-8-17(14,15)10(2)3/h10-13H,4-9H2,1-3H3. The molecule has 0 aromatic carbocycles. The van der Waals surface area contributed by atoms with Gasteiger partial charge in [0.05, 0.1) is 17.6 Å². The van der Waals surface area contributed by atoms with E-state index in [1.165, 1.54) is 0 Å². The highest BCUT2D eigenvalue weighted by Crippen LogP contribution is 2.20. The first-order valence-corrected chi connectivity index (χ1v) is 8.21. The first-order valence-electron chi connectivity index (χ1n) is 6.50. The highest BCUT2D eigenvalue weighted by atomic mass is 32.2. The normalized spacial score (nSPS) is 26.4. The lowest BCUT2D eigenvalue weighted by Crippen LogP contribution is -2.43. The lowest BCUT2D eigenvalue weighted by Gasteiger charge is -2.32. The van der Waals surface area contributed by atoms with E-state index in [0.29, 0.717) is 25.0 Å². The van der Waals surface area contributed by atoms with E-state index in [2.05, 4.69) is 12.2 Å². The van der Waals surface area contributed by atoms with Crippen molar-refractivity contribution in [2.75, 3.05) is 25.5 Å². The Morgan fingerprint density at radius 2 is 2.12 bits per heavy atom. The molecule has 17 heavy (non-hydrogen) atoms. The molecule has 5 heteroatoms. The van der Waals surface area contributed by atoms with E-state index < -0.39 is 9.84 Å². The van der Waals surface area contributed by atoms with Crippen LogP contribution in [0.3, 0.4) is 0 Å². The SMILES string of the molecule is CCNC1CCOCC1CCS(=O)(=O)C(C)C. The van der Waals surface area contributed by atoms with Crippen molar-refractivity contribution in [3.63, 3.8) is 0 Å². The Labute approximate surface area is 105 Å². The average Bonchev–Trinajstić information content (AvgIpc) is 2.28. The fourth-order valence-electron chi connectivity index (χ4n) is 2.16. The van der Waals surface area contributed by atoms with Crippen molar-refractivity contribution in [2.45, 2.75) is 44.9 Å². The van der Waals surface area contributed by atoms with Crippen molar-refractivity contribution < 1.29 is 13.2 Å². The summed E-state index contributed by atoms with van der Waals surface area (Å²) in [7, 11) is -2.92. The molecule has 0 saturated carbocycles. The number of nitrogens with one attached hydrogen (secondary N) is 1. The maximum atomic E-state index is 11.8. The summed E-state index contributed by atoms with van der Waals surface area (Å²) in [5, 5.41) is 3.15. The Morgan fingerprint density at radius 3 is 2.71 bits per heavy atom. The first kappa shape index (κ1) is 14.9. The van der Waals surface area contributed by atoms with Gasteiger partial charge in [0.2, 0.25) is 0 Å². The first-order chi connectivity index (χ1) is 7.97. The predicted molar refractivity (Wildman–Crippen MR) is 69.9 cm³/mol. The van der Waals surface area contributed by atoms with Gasteiger partial charge in [0, 0.05) is 12.6 Å². The Kier molecular flexibility index (Phi) is 5.89. The molecule has 102 valence electrons. The molecule has 1 N–H and O–H groups in total. The number of hydrogen-bond acceptors (Lipinski definition) is 4. The van der Waals surface area contributed by atoms with Crippen LogP contribution in [-0.4, -0.2) is 45.2 Å². The molecule has 2 atom stereocenters. The van der Waals surface area contributed by atoms with Gasteiger partial charge in [-0.1, -0.05) is 6.92 Å². The van der Waals surface area contributed by atoms with Crippen LogP contribution >= 0.6 is 0 Å². The largest absolute Gasteiger partial charge is 0.381 e. The minimum absolute atomic E-state index is 0.274. The van der Waals surface area contributed by atoms with Crippen LogP contribution in [0.15, 0.2) is 0 Å². The highest BCUT2D eigenvalue weighted by molar-refractivity contribution is 7.91. The topological polar surface area (TPSA) is 55.4 Å². The second-order valence-electron chi connectivity index (χ2n) is 4.99. The minimum atomic E-state index is -2.92. The molecule has 1 rings (SSSR count). The summed E-state index contributed by atoms with van der Waals surface area (Å²) in [6, 6.07) is 0.413. The van der Waals surface area contributed by atoms with Gasteiger partial charge in [-0.25, -0.2) is 8.42 Å². The molecule has 1 heterocycles. The number of ether oxygens (including phenoxy) is 1. The summed E-state index contributed by atoms with van der Waals surface area (Å²) in [6.45, 7) is 7.97. The summed E-state index contributed by atoms with van der Waals surface area (Å²) < 4.78 is 29.0. The fraction of sp³-hybridized carbons (Fsp3) is 1.00. The molecule has 0 aromatic heterocycles. The second-order valence-corrected chi connectivity index (χ2v) is 7.67. The van der Waals surface area contributed by atoms with Crippen molar-refractivity contribution >= 4 is 9.84 Å². The molecule has 1 aliphatic heterocycles. The Hall–Kier alpha value is -0.130. The van der Waals surface area contributed by atoms with Gasteiger partial charge in [0.15, 0.2) is 9.84 Å². The van der Waals surface area contributed by atoms with Crippen LogP contribution in [0.5, 0.6) is 0 Å². The zero-order valence-corrected chi connectivity index (χ0v) is 11.9. The lowest BCUT2D eigenvalue weighted by molar-refractivity contribution is 0.0314. The zero-order chi connectivity index (χ0) is 12.9. The van der Waals surface area contributed by atoms with Crippen LogP contribution in [0.4, 0.5) is 0 Å². The highest BCUT2D eigenvalue weighted by Gasteiger charge is 2.27. The molecule has 4 nitrogen and oxygen atoms in total. The van der Waals surface area contributed by atoms with Crippen LogP contribution < -0.4 is 5.32 Å². The van der Waals surface area contributed by atoms with Crippen LogP contribution in [0.1, 0.15) is 33.6 Å². The van der Waals surface area contributed by atoms with Crippen LogP contribution in [0.2, 0.25) is 0 Å². The third-order valence-corrected chi connectivity index (χ3v) is 5.67. The van der Waals surface area contributed by atoms with E-state index in [4.69, 9.17) is 4.74 Å². The van der Waals surface area contributed by atoms with Gasteiger partial charge in [-0.15, -0.1) is 0 Å². The average molecular weight is 263 g/mol. The van der Waals surface area contributed by atoms with Crippen molar-refractivity contribution in [3.8, 4) is 0 Å². The molecule has 1 aliphatic rings. The minimum Gasteiger partial charge on any atom is -0.381 e. The Balaban J connectivity index is 2.48. The Morgan fingerprint density at radius 1 is 1.41 bits per heavy atom. The van der Waals surface area contributed by atoms with Gasteiger partial charge in [-0.05, 0) is 39.2 Å². The molecule has 0 bridgehead atoms. The summed E-state index contributed by atoms with van der Waals surface area (Å²) in [5.74, 6) is 0.609. The van der Waals surface area contributed by atoms with Crippen LogP contribution in [-0.2, 0) is 14.6 Å². The second kappa shape index (κ2) is 6.71. The van der Waals surface area contributed by atoms with Crippen molar-refractivity contribution in [3.05, 3.63) is 0 Å². The van der Waals surface area contributed by atoms with Crippen molar-refractivity contribution in [1.82, 2.24) is 5.32 Å². The van der Waals surface area contributed by atoms with Gasteiger partial charge in [-0.3, -0.25) is 0 Å². The summed E-state index contributed by atoms with van der Waals surface area (Å²) in [5.41, 5.74) is 0. The van der Waals surface area contributed by atoms with Crippen LogP contribution in [0.25, 0.3) is 0 Å². The zero-order valence-electron chi connectivity index (χ0n) is 11.1. The van der Waals surface area contributed by atoms with E-state index >= 15 is 0 Å². The third kappa shape index (κ3) is 4.56. The molecule has 0 aromatic rings. The summed E-state index contributed by atoms with van der Waals surface area (Å²) in [4.78, 5) is 0. The number of rotatable bonds is 6. The van der Waals surface area contributed by atoms with Gasteiger partial charge >= 0.3 is 0 Å². The van der Waals surface area contributed by atoms with E-state index in [9.17, 15) is 8.42 Å². The summed E-state index contributed by atoms with van der Waals surface area (Å²) in [6.07, 6.45) is 1.69. The monoisotopic (exact) mass is 263 g/mol. The molecule has 1 fully saturated rings. The Bertz CT molecular complexity index is 312. The van der Waals surface area contributed by atoms with E-state index in [-0.39, 0.29) is 11.0 Å². The van der Waals surface area contributed by atoms with Crippen LogP contribution in [0, 0.1) is 5.92 Å². The fourth-order valence-corrected chi connectivity index (χ4v) is 3.27. The van der Waals surface area contributed by atoms with Gasteiger partial charge in [-0.2, -0.15) is 0 Å². The maximum absolute atomic E-state index is 11.8. The maximum Gasteiger partial charge on any atom is 0.152 e. The van der Waals surface area contributed by atoms with E-state index in [0.717, 1.165) is 19.6 Å². The molecule has 0 amide bonds. The third-order valence-electron chi connectivity index (χ3n) is 3.43. The molecule has 0 spiro atoms. The lowest BCUT2D eigenvalue weighted by atomic mass is 9.93. The van der Waals surface area contributed by atoms with E-state index in [1.807, 2.05) is 0 Å².